The van der Waals surface area contributed by atoms with Crippen LogP contribution < -0.4 is 5.73 Å². The van der Waals surface area contributed by atoms with E-state index in [9.17, 15) is 4.79 Å². The quantitative estimate of drug-likeness (QED) is 0.575. The number of nitrogen functional groups attached to an aromatic ring is 1. The van der Waals surface area contributed by atoms with Gasteiger partial charge in [0.05, 0.1) is 30.5 Å². The van der Waals surface area contributed by atoms with Crippen LogP contribution in [0.3, 0.4) is 0 Å². The second kappa shape index (κ2) is 6.06. The topological polar surface area (TPSA) is 112 Å². The van der Waals surface area contributed by atoms with Crippen LogP contribution in [0.25, 0.3) is 27.9 Å². The molecule has 0 saturated carbocycles. The van der Waals surface area contributed by atoms with E-state index in [1.807, 2.05) is 24.4 Å². The van der Waals surface area contributed by atoms with Crippen LogP contribution in [0.1, 0.15) is 10.4 Å². The third-order valence-electron chi connectivity index (χ3n) is 4.65. The lowest BCUT2D eigenvalue weighted by Crippen LogP contribution is -2.40. The summed E-state index contributed by atoms with van der Waals surface area (Å²) in [6, 6.07) is 5.77. The van der Waals surface area contributed by atoms with Crippen LogP contribution in [0.5, 0.6) is 0 Å². The molecule has 136 valence electrons. The van der Waals surface area contributed by atoms with Gasteiger partial charge in [0.1, 0.15) is 5.52 Å². The van der Waals surface area contributed by atoms with E-state index in [4.69, 9.17) is 14.9 Å². The van der Waals surface area contributed by atoms with Gasteiger partial charge in [-0.1, -0.05) is 0 Å². The molecule has 4 aromatic heterocycles. The van der Waals surface area contributed by atoms with Gasteiger partial charge >= 0.3 is 0 Å². The van der Waals surface area contributed by atoms with Crippen molar-refractivity contribution in [3.05, 3.63) is 42.4 Å². The highest BCUT2D eigenvalue weighted by Gasteiger charge is 2.22. The maximum Gasteiger partial charge on any atom is 0.294 e. The Bertz CT molecular complexity index is 1160. The predicted octanol–water partition coefficient (Wildman–Crippen LogP) is 1.59. The third kappa shape index (κ3) is 2.68. The second-order valence-corrected chi connectivity index (χ2v) is 6.31. The number of carbonyl (C=O) groups excluding carboxylic acids is 1. The summed E-state index contributed by atoms with van der Waals surface area (Å²) in [4.78, 5) is 23.0. The molecule has 0 aliphatic carbocycles. The van der Waals surface area contributed by atoms with Gasteiger partial charge in [0.25, 0.3) is 11.9 Å². The molecule has 0 atom stereocenters. The number of aromatic nitrogens is 4. The molecule has 1 aliphatic rings. The largest absolute Gasteiger partial charge is 0.405 e. The minimum Gasteiger partial charge on any atom is -0.405 e. The minimum absolute atomic E-state index is 0.0386. The van der Waals surface area contributed by atoms with Gasteiger partial charge in [0.15, 0.2) is 0 Å². The van der Waals surface area contributed by atoms with E-state index in [1.165, 1.54) is 0 Å². The summed E-state index contributed by atoms with van der Waals surface area (Å²) in [5.74, 6) is -0.0386. The van der Waals surface area contributed by atoms with Gasteiger partial charge in [-0.25, -0.2) is 9.50 Å². The van der Waals surface area contributed by atoms with Crippen LogP contribution in [-0.2, 0) is 4.74 Å². The number of carbonyl (C=O) groups is 1. The molecule has 4 aromatic rings. The monoisotopic (exact) mass is 364 g/mol. The zero-order valence-corrected chi connectivity index (χ0v) is 14.3. The molecule has 2 N–H and O–H groups in total. The molecule has 5 heterocycles. The van der Waals surface area contributed by atoms with Crippen LogP contribution in [0.15, 0.2) is 41.2 Å². The number of rotatable bonds is 2. The molecule has 0 bridgehead atoms. The SMILES string of the molecule is Nc1nc2cc(-c3ccn4ncc(C(=O)N5CCOCC5)c4c3)cnc2o1. The van der Waals surface area contributed by atoms with Crippen LogP contribution in [0.4, 0.5) is 6.01 Å². The summed E-state index contributed by atoms with van der Waals surface area (Å²) in [5, 5.41) is 4.30. The zero-order chi connectivity index (χ0) is 18.4. The number of ether oxygens (including phenoxy) is 1. The number of hydrogen-bond acceptors (Lipinski definition) is 7. The Labute approximate surface area is 153 Å². The van der Waals surface area contributed by atoms with Crippen LogP contribution in [0.2, 0.25) is 0 Å². The Kier molecular flexibility index (Phi) is 3.54. The Morgan fingerprint density at radius 1 is 1.15 bits per heavy atom. The number of morpholine rings is 1. The summed E-state index contributed by atoms with van der Waals surface area (Å²) in [6.07, 6.45) is 5.12. The number of hydrogen-bond donors (Lipinski definition) is 1. The average molecular weight is 364 g/mol. The van der Waals surface area contributed by atoms with Gasteiger partial charge in [-0.2, -0.15) is 10.1 Å². The van der Waals surface area contributed by atoms with E-state index in [2.05, 4.69) is 15.1 Å². The van der Waals surface area contributed by atoms with Crippen LogP contribution in [-0.4, -0.2) is 56.7 Å². The fourth-order valence-corrected chi connectivity index (χ4v) is 3.26. The number of amides is 1. The average Bonchev–Trinajstić information content (AvgIpc) is 3.29. The van der Waals surface area contributed by atoms with E-state index in [-0.39, 0.29) is 11.9 Å². The van der Waals surface area contributed by atoms with Crippen molar-refractivity contribution in [2.45, 2.75) is 0 Å². The van der Waals surface area contributed by atoms with E-state index in [0.717, 1.165) is 16.6 Å². The lowest BCUT2D eigenvalue weighted by atomic mass is 10.1. The number of nitrogens with two attached hydrogens (primary N) is 1. The van der Waals surface area contributed by atoms with Gasteiger partial charge in [-0.3, -0.25) is 4.79 Å². The first-order valence-corrected chi connectivity index (χ1v) is 8.56. The molecule has 0 unspecified atom stereocenters. The highest BCUT2D eigenvalue weighted by molar-refractivity contribution is 6.01. The summed E-state index contributed by atoms with van der Waals surface area (Å²) in [5.41, 5.74) is 9.62. The van der Waals surface area contributed by atoms with Crippen molar-refractivity contribution in [2.24, 2.45) is 0 Å². The molecular weight excluding hydrogens is 348 g/mol. The Balaban J connectivity index is 1.56. The van der Waals surface area contributed by atoms with Crippen molar-refractivity contribution in [1.29, 1.82) is 0 Å². The van der Waals surface area contributed by atoms with E-state index in [1.54, 1.807) is 21.8 Å². The third-order valence-corrected chi connectivity index (χ3v) is 4.65. The second-order valence-electron chi connectivity index (χ2n) is 6.31. The standard InChI is InChI=1S/C18H16N6O3/c19-18-22-14-7-12(9-20-16(14)27-18)11-1-2-24-15(8-11)13(10-21-24)17(25)23-3-5-26-6-4-23/h1-2,7-10H,3-6H2,(H2,19,22). The maximum atomic E-state index is 12.9. The fraction of sp³-hybridized carbons (Fsp3) is 0.222. The first-order chi connectivity index (χ1) is 13.2. The van der Waals surface area contributed by atoms with Gasteiger partial charge in [-0.05, 0) is 23.8 Å². The molecule has 9 nitrogen and oxygen atoms in total. The van der Waals surface area contributed by atoms with Gasteiger partial charge in [0, 0.05) is 31.0 Å². The predicted molar refractivity (Wildman–Crippen MR) is 97.1 cm³/mol. The lowest BCUT2D eigenvalue weighted by molar-refractivity contribution is 0.0304. The van der Waals surface area contributed by atoms with E-state index in [0.29, 0.717) is 43.1 Å². The number of fused-ring (bicyclic) bond motifs is 2. The van der Waals surface area contributed by atoms with E-state index >= 15 is 0 Å². The normalized spacial score (nSPS) is 14.9. The molecule has 1 saturated heterocycles. The molecule has 5 rings (SSSR count). The number of nitrogens with zero attached hydrogens (tertiary/aromatic N) is 5. The summed E-state index contributed by atoms with van der Waals surface area (Å²) in [6.45, 7) is 2.29. The molecule has 1 fully saturated rings. The highest BCUT2D eigenvalue weighted by Crippen LogP contribution is 2.26. The molecule has 0 aromatic carbocycles. The maximum absolute atomic E-state index is 12.9. The molecule has 0 radical (unpaired) electrons. The molecule has 1 amide bonds. The molecule has 9 heteroatoms. The fourth-order valence-electron chi connectivity index (χ4n) is 3.26. The number of pyridine rings is 2. The first kappa shape index (κ1) is 15.8. The first-order valence-electron chi connectivity index (χ1n) is 8.56. The Hall–Kier alpha value is -3.46. The van der Waals surface area contributed by atoms with Gasteiger partial charge in [0.2, 0.25) is 5.71 Å². The van der Waals surface area contributed by atoms with Crippen molar-refractivity contribution in [3.63, 3.8) is 0 Å². The highest BCUT2D eigenvalue weighted by atomic mass is 16.5. The number of oxazole rings is 1. The van der Waals surface area contributed by atoms with E-state index < -0.39 is 0 Å². The number of anilines is 1. The molecule has 27 heavy (non-hydrogen) atoms. The summed E-state index contributed by atoms with van der Waals surface area (Å²) < 4.78 is 12.2. The molecule has 0 spiro atoms. The minimum atomic E-state index is -0.0386. The zero-order valence-electron chi connectivity index (χ0n) is 14.3. The Morgan fingerprint density at radius 3 is 2.85 bits per heavy atom. The van der Waals surface area contributed by atoms with Crippen molar-refractivity contribution in [3.8, 4) is 11.1 Å². The van der Waals surface area contributed by atoms with Crippen molar-refractivity contribution >= 4 is 28.7 Å². The van der Waals surface area contributed by atoms with Crippen molar-refractivity contribution in [1.82, 2.24) is 24.5 Å². The van der Waals surface area contributed by atoms with Crippen LogP contribution in [0, 0.1) is 0 Å². The molecule has 1 aliphatic heterocycles. The van der Waals surface area contributed by atoms with Crippen molar-refractivity contribution in [2.75, 3.05) is 32.0 Å². The Morgan fingerprint density at radius 2 is 2.00 bits per heavy atom. The lowest BCUT2D eigenvalue weighted by Gasteiger charge is -2.26. The molecular formula is C18H16N6O3. The van der Waals surface area contributed by atoms with Gasteiger partial charge in [-0.15, -0.1) is 0 Å². The summed E-state index contributed by atoms with van der Waals surface area (Å²) in [7, 11) is 0. The van der Waals surface area contributed by atoms with Crippen LogP contribution >= 0.6 is 0 Å². The van der Waals surface area contributed by atoms with Crippen molar-refractivity contribution < 1.29 is 13.9 Å². The van der Waals surface area contributed by atoms with Gasteiger partial charge < -0.3 is 19.8 Å². The smallest absolute Gasteiger partial charge is 0.294 e. The summed E-state index contributed by atoms with van der Waals surface area (Å²) >= 11 is 0.